The fourth-order valence-electron chi connectivity index (χ4n) is 4.35. The molecule has 0 aliphatic carbocycles. The van der Waals surface area contributed by atoms with Crippen molar-refractivity contribution in [3.8, 4) is 5.75 Å². The van der Waals surface area contributed by atoms with Crippen LogP contribution in [0.4, 0.5) is 5.69 Å². The summed E-state index contributed by atoms with van der Waals surface area (Å²) in [5.41, 5.74) is 4.12. The van der Waals surface area contributed by atoms with E-state index in [2.05, 4.69) is 39.6 Å². The van der Waals surface area contributed by atoms with Crippen molar-refractivity contribution in [1.29, 1.82) is 0 Å². The zero-order valence-electron chi connectivity index (χ0n) is 17.9. The van der Waals surface area contributed by atoms with Gasteiger partial charge in [-0.15, -0.1) is 0 Å². The largest absolute Gasteiger partial charge is 0.492 e. The summed E-state index contributed by atoms with van der Waals surface area (Å²) < 4.78 is 9.24. The molecular formula is C26H24BrN3O2. The second kappa shape index (κ2) is 8.79. The number of amides is 1. The number of para-hydroxylation sites is 2. The summed E-state index contributed by atoms with van der Waals surface area (Å²) in [7, 11) is 0. The number of hydrogen-bond donors (Lipinski definition) is 0. The van der Waals surface area contributed by atoms with Crippen LogP contribution in [0.25, 0.3) is 11.0 Å². The van der Waals surface area contributed by atoms with Gasteiger partial charge < -0.3 is 14.2 Å². The molecule has 0 spiro atoms. The van der Waals surface area contributed by atoms with E-state index in [-0.39, 0.29) is 11.8 Å². The first-order valence-corrected chi connectivity index (χ1v) is 11.6. The molecule has 5 rings (SSSR count). The zero-order valence-corrected chi connectivity index (χ0v) is 19.5. The summed E-state index contributed by atoms with van der Waals surface area (Å²) in [6.45, 7) is 3.89. The Morgan fingerprint density at radius 1 is 1.06 bits per heavy atom. The molecule has 32 heavy (non-hydrogen) atoms. The summed E-state index contributed by atoms with van der Waals surface area (Å²) in [5.74, 6) is 1.99. The van der Waals surface area contributed by atoms with Gasteiger partial charge >= 0.3 is 0 Å². The maximum atomic E-state index is 12.9. The van der Waals surface area contributed by atoms with E-state index in [0.29, 0.717) is 26.1 Å². The Labute approximate surface area is 195 Å². The van der Waals surface area contributed by atoms with Crippen molar-refractivity contribution in [3.05, 3.63) is 88.7 Å². The molecule has 162 valence electrons. The number of aromatic nitrogens is 2. The quantitative estimate of drug-likeness (QED) is 0.348. The highest BCUT2D eigenvalue weighted by atomic mass is 79.9. The van der Waals surface area contributed by atoms with Crippen molar-refractivity contribution >= 4 is 38.6 Å². The number of carbonyl (C=O) groups is 1. The number of rotatable bonds is 6. The monoisotopic (exact) mass is 489 g/mol. The molecule has 0 N–H and O–H groups in total. The maximum Gasteiger partial charge on any atom is 0.227 e. The van der Waals surface area contributed by atoms with E-state index in [4.69, 9.17) is 9.72 Å². The van der Waals surface area contributed by atoms with Crippen LogP contribution in [0.1, 0.15) is 23.7 Å². The van der Waals surface area contributed by atoms with E-state index in [1.54, 1.807) is 0 Å². The molecule has 4 aromatic rings. The van der Waals surface area contributed by atoms with Crippen LogP contribution in [0.15, 0.2) is 77.3 Å². The fourth-order valence-corrected chi connectivity index (χ4v) is 4.62. The highest BCUT2D eigenvalue weighted by molar-refractivity contribution is 9.10. The Bertz CT molecular complexity index is 1270. The number of aryl methyl sites for hydroxylation is 1. The maximum absolute atomic E-state index is 12.9. The molecular weight excluding hydrogens is 466 g/mol. The highest BCUT2D eigenvalue weighted by Crippen LogP contribution is 2.33. The molecule has 2 heterocycles. The topological polar surface area (TPSA) is 47.4 Å². The van der Waals surface area contributed by atoms with E-state index < -0.39 is 0 Å². The molecule has 6 heteroatoms. The van der Waals surface area contributed by atoms with Crippen LogP contribution in [0, 0.1) is 6.92 Å². The molecule has 1 fully saturated rings. The van der Waals surface area contributed by atoms with Crippen molar-refractivity contribution in [2.45, 2.75) is 25.8 Å². The molecule has 1 amide bonds. The number of halogens is 1. The molecule has 1 atom stereocenters. The average molecular weight is 490 g/mol. The minimum atomic E-state index is 0.0394. The van der Waals surface area contributed by atoms with Crippen molar-refractivity contribution in [1.82, 2.24) is 9.55 Å². The molecule has 1 aliphatic heterocycles. The number of fused-ring (bicyclic) bond motifs is 1. The molecule has 1 aliphatic rings. The number of benzene rings is 3. The van der Waals surface area contributed by atoms with E-state index in [0.717, 1.165) is 32.8 Å². The Balaban J connectivity index is 1.40. The van der Waals surface area contributed by atoms with Gasteiger partial charge in [-0.1, -0.05) is 40.2 Å². The van der Waals surface area contributed by atoms with Gasteiger partial charge in [0.2, 0.25) is 5.91 Å². The number of hydrogen-bond acceptors (Lipinski definition) is 3. The third-order valence-electron chi connectivity index (χ3n) is 5.89. The Kier molecular flexibility index (Phi) is 5.70. The lowest BCUT2D eigenvalue weighted by atomic mass is 10.1. The van der Waals surface area contributed by atoms with Gasteiger partial charge in [-0.2, -0.15) is 0 Å². The van der Waals surface area contributed by atoms with Gasteiger partial charge in [0.1, 0.15) is 18.2 Å². The predicted octanol–water partition coefficient (Wildman–Crippen LogP) is 5.71. The number of anilines is 1. The van der Waals surface area contributed by atoms with Crippen LogP contribution < -0.4 is 9.64 Å². The number of ether oxygens (including phenoxy) is 1. The third-order valence-corrected chi connectivity index (χ3v) is 6.41. The van der Waals surface area contributed by atoms with Crippen LogP contribution in [0.5, 0.6) is 5.75 Å². The molecule has 3 aromatic carbocycles. The molecule has 0 saturated carbocycles. The Morgan fingerprint density at radius 2 is 1.88 bits per heavy atom. The normalized spacial score (nSPS) is 16.1. The lowest BCUT2D eigenvalue weighted by Crippen LogP contribution is -2.24. The smallest absolute Gasteiger partial charge is 0.227 e. The molecule has 5 nitrogen and oxygen atoms in total. The minimum absolute atomic E-state index is 0.0394. The lowest BCUT2D eigenvalue weighted by Gasteiger charge is -2.18. The van der Waals surface area contributed by atoms with E-state index >= 15 is 0 Å². The van der Waals surface area contributed by atoms with Crippen LogP contribution in [0.3, 0.4) is 0 Å². The van der Waals surface area contributed by atoms with Crippen LogP contribution in [-0.2, 0) is 11.3 Å². The molecule has 1 saturated heterocycles. The second-order valence-electron chi connectivity index (χ2n) is 8.16. The first-order valence-electron chi connectivity index (χ1n) is 10.8. The first kappa shape index (κ1) is 20.8. The van der Waals surface area contributed by atoms with Gasteiger partial charge in [0.15, 0.2) is 0 Å². The van der Waals surface area contributed by atoms with Crippen molar-refractivity contribution < 1.29 is 9.53 Å². The van der Waals surface area contributed by atoms with Crippen molar-refractivity contribution in [2.24, 2.45) is 0 Å². The van der Waals surface area contributed by atoms with Gasteiger partial charge in [0.25, 0.3) is 0 Å². The summed E-state index contributed by atoms with van der Waals surface area (Å²) in [6.07, 6.45) is 0.456. The lowest BCUT2D eigenvalue weighted by molar-refractivity contribution is -0.117. The zero-order chi connectivity index (χ0) is 22.1. The van der Waals surface area contributed by atoms with Crippen LogP contribution in [-0.4, -0.2) is 28.6 Å². The molecule has 1 unspecified atom stereocenters. The third kappa shape index (κ3) is 4.15. The van der Waals surface area contributed by atoms with E-state index in [9.17, 15) is 4.79 Å². The van der Waals surface area contributed by atoms with Gasteiger partial charge in [-0.3, -0.25) is 4.79 Å². The molecule has 0 radical (unpaired) electrons. The van der Waals surface area contributed by atoms with Crippen LogP contribution >= 0.6 is 15.9 Å². The fraction of sp³-hybridized carbons (Fsp3) is 0.231. The minimum Gasteiger partial charge on any atom is -0.492 e. The summed E-state index contributed by atoms with van der Waals surface area (Å²) in [6, 6.07) is 24.1. The molecule has 0 bridgehead atoms. The predicted molar refractivity (Wildman–Crippen MR) is 130 cm³/mol. The Morgan fingerprint density at radius 3 is 2.69 bits per heavy atom. The first-order chi connectivity index (χ1) is 15.6. The van der Waals surface area contributed by atoms with Crippen molar-refractivity contribution in [3.63, 3.8) is 0 Å². The summed E-state index contributed by atoms with van der Waals surface area (Å²) >= 11 is 3.46. The van der Waals surface area contributed by atoms with Gasteiger partial charge in [0.05, 0.1) is 17.6 Å². The van der Waals surface area contributed by atoms with Gasteiger partial charge in [0, 0.05) is 29.0 Å². The Hall–Kier alpha value is -3.12. The number of nitrogens with zero attached hydrogens (tertiary/aromatic N) is 3. The van der Waals surface area contributed by atoms with Crippen molar-refractivity contribution in [2.75, 3.05) is 18.1 Å². The molecule has 1 aromatic heterocycles. The SMILES string of the molecule is Cc1cccc(OCCn2c(C3CC(=O)N(c4ccc(Br)cc4)C3)nc3ccccc32)c1. The second-order valence-corrected chi connectivity index (χ2v) is 9.07. The average Bonchev–Trinajstić information content (AvgIpc) is 3.35. The summed E-state index contributed by atoms with van der Waals surface area (Å²) in [4.78, 5) is 19.7. The summed E-state index contributed by atoms with van der Waals surface area (Å²) in [5, 5.41) is 0. The number of carbonyl (C=O) groups excluding carboxylic acids is 1. The standard InChI is InChI=1S/C26H24BrN3O2/c1-18-5-4-6-22(15-18)32-14-13-29-24-8-3-2-7-23(24)28-26(29)19-16-25(31)30(17-19)21-11-9-20(27)10-12-21/h2-12,15,19H,13-14,16-17H2,1H3. The van der Waals surface area contributed by atoms with Gasteiger partial charge in [-0.05, 0) is 61.0 Å². The number of imidazole rings is 1. The van der Waals surface area contributed by atoms with Gasteiger partial charge in [-0.25, -0.2) is 4.98 Å². The van der Waals surface area contributed by atoms with E-state index in [1.807, 2.05) is 65.6 Å². The highest BCUT2D eigenvalue weighted by Gasteiger charge is 2.34. The van der Waals surface area contributed by atoms with Crippen LogP contribution in [0.2, 0.25) is 0 Å². The van der Waals surface area contributed by atoms with E-state index in [1.165, 1.54) is 5.56 Å².